The van der Waals surface area contributed by atoms with Crippen LogP contribution < -0.4 is 16.0 Å². The van der Waals surface area contributed by atoms with Gasteiger partial charge in [-0.2, -0.15) is 0 Å². The van der Waals surface area contributed by atoms with Gasteiger partial charge in [-0.15, -0.1) is 11.8 Å². The molecule has 0 aliphatic carbocycles. The summed E-state index contributed by atoms with van der Waals surface area (Å²) in [6, 6.07) is 28.6. The van der Waals surface area contributed by atoms with Crippen LogP contribution >= 0.6 is 23.4 Å². The summed E-state index contributed by atoms with van der Waals surface area (Å²) in [7, 11) is 0. The van der Waals surface area contributed by atoms with E-state index in [1.807, 2.05) is 50.2 Å². The van der Waals surface area contributed by atoms with Gasteiger partial charge in [0.05, 0.1) is 5.75 Å². The van der Waals surface area contributed by atoms with Crippen molar-refractivity contribution >= 4 is 58.5 Å². The molecular formula is C32H28ClN3O3S. The second-order valence-electron chi connectivity index (χ2n) is 9.00. The molecule has 40 heavy (non-hydrogen) atoms. The fraction of sp³-hybridized carbons (Fsp3) is 0.0938. The minimum Gasteiger partial charge on any atom is -0.325 e. The molecule has 0 unspecified atom stereocenters. The summed E-state index contributed by atoms with van der Waals surface area (Å²) in [6.45, 7) is 3.99. The van der Waals surface area contributed by atoms with Gasteiger partial charge in [-0.3, -0.25) is 14.4 Å². The zero-order chi connectivity index (χ0) is 28.5. The Morgan fingerprint density at radius 3 is 2.27 bits per heavy atom. The molecule has 0 fully saturated rings. The molecule has 0 atom stereocenters. The number of anilines is 2. The molecule has 0 aromatic heterocycles. The molecule has 0 bridgehead atoms. The van der Waals surface area contributed by atoms with Crippen molar-refractivity contribution in [3.8, 4) is 0 Å². The van der Waals surface area contributed by atoms with Gasteiger partial charge in [-0.1, -0.05) is 54.1 Å². The Hall–Kier alpha value is -4.33. The highest BCUT2D eigenvalue weighted by atomic mass is 35.5. The first kappa shape index (κ1) is 28.7. The number of carbonyl (C=O) groups is 3. The topological polar surface area (TPSA) is 87.3 Å². The number of hydrogen-bond acceptors (Lipinski definition) is 4. The molecule has 3 N–H and O–H groups in total. The van der Waals surface area contributed by atoms with E-state index in [1.54, 1.807) is 66.7 Å². The maximum absolute atomic E-state index is 13.2. The maximum atomic E-state index is 13.2. The average molecular weight is 570 g/mol. The smallest absolute Gasteiger partial charge is 0.272 e. The minimum absolute atomic E-state index is 0.0673. The van der Waals surface area contributed by atoms with Crippen molar-refractivity contribution in [1.29, 1.82) is 0 Å². The molecule has 4 aromatic carbocycles. The Morgan fingerprint density at radius 2 is 1.55 bits per heavy atom. The summed E-state index contributed by atoms with van der Waals surface area (Å²) >= 11 is 7.50. The van der Waals surface area contributed by atoms with E-state index in [2.05, 4.69) is 16.0 Å². The summed E-state index contributed by atoms with van der Waals surface area (Å²) < 4.78 is 0. The van der Waals surface area contributed by atoms with Gasteiger partial charge in [0.2, 0.25) is 5.91 Å². The van der Waals surface area contributed by atoms with Crippen molar-refractivity contribution < 1.29 is 14.4 Å². The zero-order valence-corrected chi connectivity index (χ0v) is 23.6. The third kappa shape index (κ3) is 8.09. The first-order valence-corrected chi connectivity index (χ1v) is 13.9. The van der Waals surface area contributed by atoms with Crippen molar-refractivity contribution in [3.63, 3.8) is 0 Å². The molecule has 0 radical (unpaired) electrons. The quantitative estimate of drug-likeness (QED) is 0.148. The predicted molar refractivity (Wildman–Crippen MR) is 164 cm³/mol. The van der Waals surface area contributed by atoms with Gasteiger partial charge >= 0.3 is 0 Å². The highest BCUT2D eigenvalue weighted by Gasteiger charge is 2.15. The Balaban J connectivity index is 1.41. The van der Waals surface area contributed by atoms with Gasteiger partial charge in [0.1, 0.15) is 5.70 Å². The molecule has 0 aliphatic rings. The molecule has 0 aliphatic heterocycles. The Kier molecular flexibility index (Phi) is 9.78. The van der Waals surface area contributed by atoms with Crippen molar-refractivity contribution in [2.45, 2.75) is 18.7 Å². The number of thioether (sulfide) groups is 1. The van der Waals surface area contributed by atoms with Crippen LogP contribution in [0.25, 0.3) is 6.08 Å². The van der Waals surface area contributed by atoms with Gasteiger partial charge in [0.15, 0.2) is 0 Å². The number of benzene rings is 4. The van der Waals surface area contributed by atoms with Gasteiger partial charge in [0, 0.05) is 26.9 Å². The van der Waals surface area contributed by atoms with Gasteiger partial charge in [-0.05, 0) is 91.2 Å². The average Bonchev–Trinajstić information content (AvgIpc) is 2.95. The van der Waals surface area contributed by atoms with Crippen molar-refractivity contribution in [1.82, 2.24) is 5.32 Å². The highest BCUT2D eigenvalue weighted by molar-refractivity contribution is 8.00. The van der Waals surface area contributed by atoms with E-state index in [4.69, 9.17) is 11.6 Å². The molecule has 202 valence electrons. The van der Waals surface area contributed by atoms with Crippen LogP contribution in [0.15, 0.2) is 108 Å². The van der Waals surface area contributed by atoms with Crippen LogP contribution in [0.1, 0.15) is 27.0 Å². The van der Waals surface area contributed by atoms with Gasteiger partial charge in [-0.25, -0.2) is 0 Å². The molecule has 3 amide bonds. The normalized spacial score (nSPS) is 11.0. The SMILES string of the molecule is Cc1cccc(NC(=O)CSc2ccc(NC(=O)/C(=C/c3cccc(Cl)c3)NC(=O)c3ccccc3)cc2)c1C. The lowest BCUT2D eigenvalue weighted by atomic mass is 10.1. The first-order chi connectivity index (χ1) is 19.3. The van der Waals surface area contributed by atoms with Crippen LogP contribution in [-0.4, -0.2) is 23.5 Å². The Morgan fingerprint density at radius 1 is 0.825 bits per heavy atom. The lowest BCUT2D eigenvalue weighted by molar-refractivity contribution is -0.114. The Labute approximate surface area is 242 Å². The van der Waals surface area contributed by atoms with E-state index in [0.717, 1.165) is 21.7 Å². The summed E-state index contributed by atoms with van der Waals surface area (Å²) in [5.74, 6) is -0.745. The number of hydrogen-bond donors (Lipinski definition) is 3. The molecular weight excluding hydrogens is 542 g/mol. The van der Waals surface area contributed by atoms with E-state index in [0.29, 0.717) is 21.8 Å². The predicted octanol–water partition coefficient (Wildman–Crippen LogP) is 7.10. The Bertz CT molecular complexity index is 1550. The first-order valence-electron chi connectivity index (χ1n) is 12.5. The molecule has 4 aromatic rings. The van der Waals surface area contributed by atoms with E-state index >= 15 is 0 Å². The fourth-order valence-electron chi connectivity index (χ4n) is 3.76. The van der Waals surface area contributed by atoms with Crippen LogP contribution in [0.4, 0.5) is 11.4 Å². The second-order valence-corrected chi connectivity index (χ2v) is 10.5. The molecule has 0 spiro atoms. The van der Waals surface area contributed by atoms with Crippen molar-refractivity contribution in [3.05, 3.63) is 130 Å². The van der Waals surface area contributed by atoms with E-state index in [-0.39, 0.29) is 17.4 Å². The number of carbonyl (C=O) groups excluding carboxylic acids is 3. The lowest BCUT2D eigenvalue weighted by Crippen LogP contribution is -2.30. The summed E-state index contributed by atoms with van der Waals surface area (Å²) in [4.78, 5) is 39.3. The largest absolute Gasteiger partial charge is 0.325 e. The molecule has 6 nitrogen and oxygen atoms in total. The van der Waals surface area contributed by atoms with Gasteiger partial charge < -0.3 is 16.0 Å². The van der Waals surface area contributed by atoms with Crippen LogP contribution in [0.5, 0.6) is 0 Å². The zero-order valence-electron chi connectivity index (χ0n) is 22.0. The highest BCUT2D eigenvalue weighted by Crippen LogP contribution is 2.23. The molecule has 0 saturated carbocycles. The van der Waals surface area contributed by atoms with E-state index in [1.165, 1.54) is 11.8 Å². The lowest BCUT2D eigenvalue weighted by Gasteiger charge is -2.12. The summed E-state index contributed by atoms with van der Waals surface area (Å²) in [6.07, 6.45) is 1.57. The van der Waals surface area contributed by atoms with Crippen LogP contribution in [0.3, 0.4) is 0 Å². The van der Waals surface area contributed by atoms with Crippen molar-refractivity contribution in [2.75, 3.05) is 16.4 Å². The second kappa shape index (κ2) is 13.6. The molecule has 0 saturated heterocycles. The number of nitrogens with one attached hydrogen (secondary N) is 3. The van der Waals surface area contributed by atoms with Crippen LogP contribution in [-0.2, 0) is 9.59 Å². The molecule has 4 rings (SSSR count). The number of aryl methyl sites for hydroxylation is 1. The molecule has 0 heterocycles. The monoisotopic (exact) mass is 569 g/mol. The standard InChI is InChI=1S/C32H28ClN3O3S/c1-21-8-6-13-28(22(21)2)35-30(37)20-40-27-16-14-26(15-17-27)34-32(39)29(19-23-9-7-12-25(33)18-23)36-31(38)24-10-4-3-5-11-24/h3-19H,20H2,1-2H3,(H,34,39)(H,35,37)(H,36,38)/b29-19-. The maximum Gasteiger partial charge on any atom is 0.272 e. The number of rotatable bonds is 9. The summed E-state index contributed by atoms with van der Waals surface area (Å²) in [5.41, 5.74) is 4.67. The van der Waals surface area contributed by atoms with E-state index < -0.39 is 11.8 Å². The number of amides is 3. The minimum atomic E-state index is -0.488. The fourth-order valence-corrected chi connectivity index (χ4v) is 4.66. The third-order valence-electron chi connectivity index (χ3n) is 6.05. The van der Waals surface area contributed by atoms with Crippen LogP contribution in [0.2, 0.25) is 5.02 Å². The van der Waals surface area contributed by atoms with Crippen LogP contribution in [0, 0.1) is 13.8 Å². The molecule has 8 heteroatoms. The van der Waals surface area contributed by atoms with Crippen molar-refractivity contribution in [2.24, 2.45) is 0 Å². The van der Waals surface area contributed by atoms with Gasteiger partial charge in [0.25, 0.3) is 11.8 Å². The third-order valence-corrected chi connectivity index (χ3v) is 7.30. The summed E-state index contributed by atoms with van der Waals surface area (Å²) in [5, 5.41) is 9.01. The van der Waals surface area contributed by atoms with E-state index in [9.17, 15) is 14.4 Å². The number of halogens is 1.